The molecule has 168 valence electrons. The minimum absolute atomic E-state index is 0.205. The van der Waals surface area contributed by atoms with Crippen LogP contribution in [0.15, 0.2) is 67.0 Å². The standard InChI is InChI=1S/C24H18F4N4O/c1-29-22-12-17(30-13-31-22)10-14-5-7-18-15(9-14)3-2-4-19(18)23(33)32-21-8-6-16(25)11-20(21)24(26,27)28/h2-9,11-13H,10H2,1H3,(H,32,33)(H,29,30,31). The van der Waals surface area contributed by atoms with E-state index < -0.39 is 29.2 Å². The van der Waals surface area contributed by atoms with Crippen LogP contribution >= 0.6 is 0 Å². The van der Waals surface area contributed by atoms with Gasteiger partial charge in [-0.15, -0.1) is 0 Å². The fourth-order valence-corrected chi connectivity index (χ4v) is 3.53. The highest BCUT2D eigenvalue weighted by atomic mass is 19.4. The van der Waals surface area contributed by atoms with Crippen LogP contribution in [0.5, 0.6) is 0 Å². The number of hydrogen-bond donors (Lipinski definition) is 2. The van der Waals surface area contributed by atoms with Crippen LogP contribution in [0.4, 0.5) is 29.1 Å². The number of aromatic nitrogens is 2. The Morgan fingerprint density at radius 2 is 1.82 bits per heavy atom. The van der Waals surface area contributed by atoms with Gasteiger partial charge in [-0.05, 0) is 40.6 Å². The molecule has 0 saturated carbocycles. The Labute approximate surface area is 186 Å². The van der Waals surface area contributed by atoms with E-state index in [4.69, 9.17) is 0 Å². The van der Waals surface area contributed by atoms with Crippen molar-refractivity contribution in [2.75, 3.05) is 17.7 Å². The van der Waals surface area contributed by atoms with Gasteiger partial charge in [0.1, 0.15) is 18.0 Å². The second-order valence-corrected chi connectivity index (χ2v) is 7.32. The fraction of sp³-hybridized carbons (Fsp3) is 0.125. The zero-order valence-electron chi connectivity index (χ0n) is 17.4. The van der Waals surface area contributed by atoms with Crippen LogP contribution in [0.1, 0.15) is 27.2 Å². The molecule has 2 N–H and O–H groups in total. The smallest absolute Gasteiger partial charge is 0.373 e. The van der Waals surface area contributed by atoms with E-state index in [1.807, 2.05) is 24.3 Å². The molecule has 0 unspecified atom stereocenters. The predicted molar refractivity (Wildman–Crippen MR) is 118 cm³/mol. The lowest BCUT2D eigenvalue weighted by Crippen LogP contribution is -2.17. The summed E-state index contributed by atoms with van der Waals surface area (Å²) in [5.74, 6) is -1.07. The molecule has 33 heavy (non-hydrogen) atoms. The maximum Gasteiger partial charge on any atom is 0.418 e. The van der Waals surface area contributed by atoms with Crippen LogP contribution in [0, 0.1) is 5.82 Å². The minimum Gasteiger partial charge on any atom is -0.373 e. The normalized spacial score (nSPS) is 11.4. The second kappa shape index (κ2) is 8.85. The molecule has 0 aliphatic rings. The van der Waals surface area contributed by atoms with Crippen molar-refractivity contribution in [1.82, 2.24) is 9.97 Å². The number of rotatable bonds is 5. The molecule has 0 radical (unpaired) electrons. The number of benzene rings is 3. The molecule has 4 aromatic rings. The number of alkyl halides is 3. The van der Waals surface area contributed by atoms with Crippen molar-refractivity contribution in [2.24, 2.45) is 0 Å². The summed E-state index contributed by atoms with van der Waals surface area (Å²) in [6.45, 7) is 0. The maximum atomic E-state index is 13.4. The number of carbonyl (C=O) groups excluding carboxylic acids is 1. The molecule has 5 nitrogen and oxygen atoms in total. The summed E-state index contributed by atoms with van der Waals surface area (Å²) >= 11 is 0. The Kier molecular flexibility index (Phi) is 5.95. The molecule has 1 amide bonds. The molecule has 9 heteroatoms. The van der Waals surface area contributed by atoms with Crippen molar-refractivity contribution >= 4 is 28.2 Å². The van der Waals surface area contributed by atoms with Gasteiger partial charge in [0.15, 0.2) is 0 Å². The Bertz CT molecular complexity index is 1340. The third-order valence-electron chi connectivity index (χ3n) is 5.09. The van der Waals surface area contributed by atoms with Gasteiger partial charge < -0.3 is 10.6 Å². The molecular weight excluding hydrogens is 436 g/mol. The number of halogens is 4. The first-order valence-electron chi connectivity index (χ1n) is 9.93. The van der Waals surface area contributed by atoms with Crippen molar-refractivity contribution in [2.45, 2.75) is 12.6 Å². The average molecular weight is 454 g/mol. The number of anilines is 2. The molecule has 0 aliphatic carbocycles. The van der Waals surface area contributed by atoms with E-state index in [1.165, 1.54) is 12.4 Å². The summed E-state index contributed by atoms with van der Waals surface area (Å²) in [5, 5.41) is 6.55. The van der Waals surface area contributed by atoms with Gasteiger partial charge in [0.2, 0.25) is 0 Å². The van der Waals surface area contributed by atoms with E-state index in [0.29, 0.717) is 23.7 Å². The molecule has 0 aliphatic heterocycles. The lowest BCUT2D eigenvalue weighted by molar-refractivity contribution is -0.137. The topological polar surface area (TPSA) is 66.9 Å². The third kappa shape index (κ3) is 4.92. The van der Waals surface area contributed by atoms with Gasteiger partial charge in [0.25, 0.3) is 5.91 Å². The number of fused-ring (bicyclic) bond motifs is 1. The van der Waals surface area contributed by atoms with Gasteiger partial charge in [0, 0.05) is 25.1 Å². The number of carbonyl (C=O) groups is 1. The van der Waals surface area contributed by atoms with E-state index in [1.54, 1.807) is 19.2 Å². The molecule has 0 atom stereocenters. The zero-order valence-corrected chi connectivity index (χ0v) is 17.4. The highest BCUT2D eigenvalue weighted by molar-refractivity contribution is 6.13. The van der Waals surface area contributed by atoms with E-state index >= 15 is 0 Å². The quantitative estimate of drug-likeness (QED) is 0.381. The van der Waals surface area contributed by atoms with E-state index in [9.17, 15) is 22.4 Å². The van der Waals surface area contributed by atoms with Crippen molar-refractivity contribution in [3.63, 3.8) is 0 Å². The lowest BCUT2D eigenvalue weighted by atomic mass is 9.99. The van der Waals surface area contributed by atoms with Gasteiger partial charge in [-0.2, -0.15) is 13.2 Å². The van der Waals surface area contributed by atoms with Crippen molar-refractivity contribution in [1.29, 1.82) is 0 Å². The van der Waals surface area contributed by atoms with Crippen LogP contribution in [0.25, 0.3) is 10.8 Å². The summed E-state index contributed by atoms with van der Waals surface area (Å²) in [5.41, 5.74) is 0.198. The molecular formula is C24H18F4N4O. The van der Waals surface area contributed by atoms with Crippen LogP contribution in [0.2, 0.25) is 0 Å². The van der Waals surface area contributed by atoms with Crippen molar-refractivity contribution < 1.29 is 22.4 Å². The molecule has 0 spiro atoms. The molecule has 0 saturated heterocycles. The number of nitrogens with one attached hydrogen (secondary N) is 2. The Morgan fingerprint density at radius 1 is 1.00 bits per heavy atom. The Hall–Kier alpha value is -4.01. The Balaban J connectivity index is 1.63. The van der Waals surface area contributed by atoms with Crippen LogP contribution in [-0.2, 0) is 12.6 Å². The summed E-state index contributed by atoms with van der Waals surface area (Å²) in [6, 6.07) is 14.4. The Morgan fingerprint density at radius 3 is 2.58 bits per heavy atom. The van der Waals surface area contributed by atoms with Gasteiger partial charge in [-0.3, -0.25) is 4.79 Å². The number of amides is 1. The van der Waals surface area contributed by atoms with Crippen molar-refractivity contribution in [3.05, 3.63) is 95.2 Å². The summed E-state index contributed by atoms with van der Waals surface area (Å²) in [4.78, 5) is 21.2. The zero-order chi connectivity index (χ0) is 23.6. The third-order valence-corrected chi connectivity index (χ3v) is 5.09. The van der Waals surface area contributed by atoms with Crippen LogP contribution in [-0.4, -0.2) is 22.9 Å². The predicted octanol–water partition coefficient (Wildman–Crippen LogP) is 5.67. The summed E-state index contributed by atoms with van der Waals surface area (Å²) in [7, 11) is 1.76. The van der Waals surface area contributed by atoms with Crippen LogP contribution < -0.4 is 10.6 Å². The van der Waals surface area contributed by atoms with E-state index in [-0.39, 0.29) is 5.56 Å². The van der Waals surface area contributed by atoms with Gasteiger partial charge in [-0.1, -0.05) is 30.3 Å². The van der Waals surface area contributed by atoms with E-state index in [0.717, 1.165) is 28.8 Å². The first-order chi connectivity index (χ1) is 15.7. The SMILES string of the molecule is CNc1cc(Cc2ccc3c(C(=O)Nc4ccc(F)cc4C(F)(F)F)cccc3c2)ncn1. The molecule has 1 aromatic heterocycles. The molecule has 0 bridgehead atoms. The maximum absolute atomic E-state index is 13.4. The van der Waals surface area contributed by atoms with Crippen molar-refractivity contribution in [3.8, 4) is 0 Å². The summed E-state index contributed by atoms with van der Waals surface area (Å²) < 4.78 is 53.2. The van der Waals surface area contributed by atoms with Gasteiger partial charge in [0.05, 0.1) is 16.9 Å². The molecule has 3 aromatic carbocycles. The number of nitrogens with zero attached hydrogens (tertiary/aromatic N) is 2. The first kappa shape index (κ1) is 22.2. The largest absolute Gasteiger partial charge is 0.418 e. The monoisotopic (exact) mass is 454 g/mol. The molecule has 0 fully saturated rings. The van der Waals surface area contributed by atoms with Gasteiger partial charge in [-0.25, -0.2) is 14.4 Å². The highest BCUT2D eigenvalue weighted by Crippen LogP contribution is 2.35. The van der Waals surface area contributed by atoms with E-state index in [2.05, 4.69) is 20.6 Å². The lowest BCUT2D eigenvalue weighted by Gasteiger charge is -2.15. The fourth-order valence-electron chi connectivity index (χ4n) is 3.53. The minimum atomic E-state index is -4.81. The van der Waals surface area contributed by atoms with Crippen LogP contribution in [0.3, 0.4) is 0 Å². The molecule has 1 heterocycles. The molecule has 4 rings (SSSR count). The first-order valence-corrected chi connectivity index (χ1v) is 9.93. The number of hydrogen-bond acceptors (Lipinski definition) is 4. The summed E-state index contributed by atoms with van der Waals surface area (Å²) in [6.07, 6.45) is -2.81. The van der Waals surface area contributed by atoms with Gasteiger partial charge >= 0.3 is 6.18 Å². The second-order valence-electron chi connectivity index (χ2n) is 7.32. The highest BCUT2D eigenvalue weighted by Gasteiger charge is 2.34. The average Bonchev–Trinajstić information content (AvgIpc) is 2.79.